The van der Waals surface area contributed by atoms with Crippen LogP contribution in [-0.4, -0.2) is 28.0 Å². The molecule has 0 amide bonds. The Hall–Kier alpha value is -3.44. The van der Waals surface area contributed by atoms with Crippen LogP contribution in [-0.2, 0) is 0 Å². The molecule has 0 radical (unpaired) electrons. The van der Waals surface area contributed by atoms with Crippen molar-refractivity contribution in [2.24, 2.45) is 0 Å². The van der Waals surface area contributed by atoms with Crippen molar-refractivity contribution in [2.75, 3.05) is 21.3 Å². The number of benzene rings is 3. The second-order valence-corrected chi connectivity index (χ2v) is 6.61. The highest BCUT2D eigenvalue weighted by Gasteiger charge is 2.42. The predicted molar refractivity (Wildman–Crippen MR) is 103 cm³/mol. The molecule has 0 saturated heterocycles. The molecule has 0 saturated carbocycles. The molecule has 0 N–H and O–H groups in total. The standard InChI is InChI=1S/C21H13BF8O3/c1-31-13-5-4-8(23)14(19(13)30)22(15-17(28)9(24)6-11(26)20(15)32-2)16-18(29)10(25)7-12(27)21(16)33-3/h4-7H,1-3H3. The highest BCUT2D eigenvalue weighted by Crippen LogP contribution is 2.26. The van der Waals surface area contributed by atoms with Gasteiger partial charge in [-0.1, -0.05) is 0 Å². The topological polar surface area (TPSA) is 27.7 Å². The Morgan fingerprint density at radius 1 is 0.515 bits per heavy atom. The molecule has 0 spiro atoms. The van der Waals surface area contributed by atoms with Gasteiger partial charge >= 0.3 is 0 Å². The van der Waals surface area contributed by atoms with Crippen molar-refractivity contribution in [2.45, 2.75) is 0 Å². The van der Waals surface area contributed by atoms with Gasteiger partial charge in [0.25, 0.3) is 6.71 Å². The lowest BCUT2D eigenvalue weighted by Crippen LogP contribution is -2.58. The van der Waals surface area contributed by atoms with Crippen LogP contribution in [0.1, 0.15) is 0 Å². The zero-order valence-corrected chi connectivity index (χ0v) is 17.1. The minimum Gasteiger partial charge on any atom is -0.494 e. The number of halogens is 8. The first-order valence-electron chi connectivity index (χ1n) is 9.03. The van der Waals surface area contributed by atoms with Gasteiger partial charge in [0.05, 0.1) is 21.3 Å². The molecule has 0 aliphatic rings. The summed E-state index contributed by atoms with van der Waals surface area (Å²) in [5.41, 5.74) is -3.79. The molecule has 12 heteroatoms. The Balaban J connectivity index is 2.63. The first kappa shape index (κ1) is 24.2. The molecular formula is C21H13BF8O3. The molecule has 0 aromatic heterocycles. The highest BCUT2D eigenvalue weighted by atomic mass is 19.2. The molecule has 0 heterocycles. The number of ether oxygens (including phenoxy) is 3. The smallest absolute Gasteiger partial charge is 0.266 e. The summed E-state index contributed by atoms with van der Waals surface area (Å²) >= 11 is 0. The molecule has 0 fully saturated rings. The van der Waals surface area contributed by atoms with E-state index in [2.05, 4.69) is 0 Å². The first-order valence-corrected chi connectivity index (χ1v) is 9.03. The van der Waals surface area contributed by atoms with Crippen LogP contribution in [0, 0.1) is 46.5 Å². The number of hydrogen-bond donors (Lipinski definition) is 0. The Morgan fingerprint density at radius 2 is 0.970 bits per heavy atom. The van der Waals surface area contributed by atoms with Crippen molar-refractivity contribution in [3.63, 3.8) is 0 Å². The monoisotopic (exact) mass is 476 g/mol. The van der Waals surface area contributed by atoms with Crippen molar-refractivity contribution >= 4 is 23.1 Å². The van der Waals surface area contributed by atoms with Crippen LogP contribution < -0.4 is 30.6 Å². The van der Waals surface area contributed by atoms with Crippen LogP contribution in [0.2, 0.25) is 0 Å². The summed E-state index contributed by atoms with van der Waals surface area (Å²) in [6.07, 6.45) is 0. The van der Waals surface area contributed by atoms with Crippen LogP contribution >= 0.6 is 0 Å². The molecule has 33 heavy (non-hydrogen) atoms. The van der Waals surface area contributed by atoms with Gasteiger partial charge in [-0.2, -0.15) is 0 Å². The average molecular weight is 476 g/mol. The summed E-state index contributed by atoms with van der Waals surface area (Å²) < 4.78 is 132. The lowest BCUT2D eigenvalue weighted by atomic mass is 9.35. The Bertz CT molecular complexity index is 1170. The van der Waals surface area contributed by atoms with Gasteiger partial charge in [-0.3, -0.25) is 0 Å². The van der Waals surface area contributed by atoms with Gasteiger partial charge in [0.2, 0.25) is 0 Å². The Morgan fingerprint density at radius 3 is 1.36 bits per heavy atom. The van der Waals surface area contributed by atoms with E-state index in [0.717, 1.165) is 27.4 Å². The van der Waals surface area contributed by atoms with Crippen molar-refractivity contribution in [1.29, 1.82) is 0 Å². The van der Waals surface area contributed by atoms with Gasteiger partial charge in [0.1, 0.15) is 5.82 Å². The van der Waals surface area contributed by atoms with Crippen molar-refractivity contribution in [3.05, 3.63) is 70.8 Å². The van der Waals surface area contributed by atoms with Gasteiger partial charge in [0, 0.05) is 28.5 Å². The van der Waals surface area contributed by atoms with Gasteiger partial charge in [-0.15, -0.1) is 0 Å². The highest BCUT2D eigenvalue weighted by molar-refractivity contribution is 6.96. The van der Waals surface area contributed by atoms with Crippen LogP contribution in [0.3, 0.4) is 0 Å². The summed E-state index contributed by atoms with van der Waals surface area (Å²) in [5, 5.41) is 0. The molecule has 0 aliphatic heterocycles. The van der Waals surface area contributed by atoms with Crippen molar-refractivity contribution in [3.8, 4) is 17.2 Å². The van der Waals surface area contributed by atoms with E-state index >= 15 is 13.2 Å². The van der Waals surface area contributed by atoms with Gasteiger partial charge in [-0.25, -0.2) is 35.1 Å². The van der Waals surface area contributed by atoms with Crippen LogP contribution in [0.25, 0.3) is 0 Å². The minimum absolute atomic E-state index is 0.0762. The zero-order chi connectivity index (χ0) is 24.6. The van der Waals surface area contributed by atoms with Gasteiger partial charge < -0.3 is 14.2 Å². The second kappa shape index (κ2) is 9.20. The largest absolute Gasteiger partial charge is 0.494 e. The third-order valence-corrected chi connectivity index (χ3v) is 4.91. The van der Waals surface area contributed by atoms with E-state index in [1.165, 1.54) is 0 Å². The van der Waals surface area contributed by atoms with E-state index in [1.807, 2.05) is 0 Å². The number of methoxy groups -OCH3 is 3. The summed E-state index contributed by atoms with van der Waals surface area (Å²) in [5.74, 6) is -16.4. The lowest BCUT2D eigenvalue weighted by molar-refractivity contribution is 0.379. The average Bonchev–Trinajstić information content (AvgIpc) is 2.76. The van der Waals surface area contributed by atoms with Crippen LogP contribution in [0.4, 0.5) is 35.1 Å². The normalized spacial score (nSPS) is 10.9. The fourth-order valence-electron chi connectivity index (χ4n) is 3.53. The van der Waals surface area contributed by atoms with E-state index in [4.69, 9.17) is 14.2 Å². The number of rotatable bonds is 6. The van der Waals surface area contributed by atoms with Gasteiger partial charge in [-0.05, 0) is 12.1 Å². The molecule has 0 aliphatic carbocycles. The van der Waals surface area contributed by atoms with E-state index in [-0.39, 0.29) is 12.1 Å². The molecule has 3 aromatic rings. The minimum atomic E-state index is -2.53. The Kier molecular flexibility index (Phi) is 6.75. The fraction of sp³-hybridized carbons (Fsp3) is 0.143. The van der Waals surface area contributed by atoms with E-state index < -0.39 is 86.9 Å². The van der Waals surface area contributed by atoms with Crippen molar-refractivity contribution < 1.29 is 49.3 Å². The molecule has 3 nitrogen and oxygen atoms in total. The molecular weight excluding hydrogens is 463 g/mol. The second-order valence-electron chi connectivity index (χ2n) is 6.61. The SMILES string of the molecule is COc1ccc(F)c(B(c2c(F)c(F)cc(F)c2OC)c2c(F)c(F)cc(F)c2OC)c1F. The molecule has 0 atom stereocenters. The summed E-state index contributed by atoms with van der Waals surface area (Å²) in [6.45, 7) is -2.53. The molecule has 174 valence electrons. The van der Waals surface area contributed by atoms with E-state index in [9.17, 15) is 22.0 Å². The molecule has 3 aromatic carbocycles. The molecule has 3 rings (SSSR count). The fourth-order valence-corrected chi connectivity index (χ4v) is 3.53. The maximum atomic E-state index is 15.2. The third-order valence-electron chi connectivity index (χ3n) is 4.91. The predicted octanol–water partition coefficient (Wildman–Crippen LogP) is 3.34. The maximum Gasteiger partial charge on any atom is 0.266 e. The summed E-state index contributed by atoms with van der Waals surface area (Å²) in [7, 11) is 2.61. The summed E-state index contributed by atoms with van der Waals surface area (Å²) in [6, 6.07) is 1.61. The van der Waals surface area contributed by atoms with Gasteiger partial charge in [0.15, 0.2) is 58.0 Å². The van der Waals surface area contributed by atoms with Crippen LogP contribution in [0.15, 0.2) is 24.3 Å². The first-order chi connectivity index (χ1) is 15.6. The summed E-state index contributed by atoms with van der Waals surface area (Å²) in [4.78, 5) is 0. The zero-order valence-electron chi connectivity index (χ0n) is 17.1. The number of hydrogen-bond acceptors (Lipinski definition) is 3. The Labute approximate surface area is 182 Å². The molecule has 0 unspecified atom stereocenters. The quantitative estimate of drug-likeness (QED) is 0.311. The van der Waals surface area contributed by atoms with Crippen molar-refractivity contribution in [1.82, 2.24) is 0 Å². The maximum absolute atomic E-state index is 15.2. The lowest BCUT2D eigenvalue weighted by Gasteiger charge is -2.23. The van der Waals surface area contributed by atoms with Crippen LogP contribution in [0.5, 0.6) is 17.2 Å². The van der Waals surface area contributed by atoms with E-state index in [0.29, 0.717) is 6.07 Å². The van der Waals surface area contributed by atoms with E-state index in [1.54, 1.807) is 0 Å². The molecule has 0 bridgehead atoms. The third kappa shape index (κ3) is 3.94.